The Labute approximate surface area is 157 Å². The van der Waals surface area contributed by atoms with E-state index < -0.39 is 0 Å². The third-order valence-corrected chi connectivity index (χ3v) is 3.99. The van der Waals surface area contributed by atoms with Gasteiger partial charge in [0.15, 0.2) is 0 Å². The molecule has 0 unspecified atom stereocenters. The number of benzene rings is 2. The van der Waals surface area contributed by atoms with E-state index in [-0.39, 0.29) is 18.0 Å². The van der Waals surface area contributed by atoms with E-state index in [4.69, 9.17) is 4.74 Å². The van der Waals surface area contributed by atoms with Crippen LogP contribution in [0.25, 0.3) is 11.3 Å². The van der Waals surface area contributed by atoms with Crippen molar-refractivity contribution in [3.8, 4) is 17.0 Å². The SMILES string of the molecule is CCOc1ccc(-c2cc(=O)n(CC(=O)NCc3ccccc3)cn2)cc1. The van der Waals surface area contributed by atoms with Crippen LogP contribution in [-0.2, 0) is 17.9 Å². The van der Waals surface area contributed by atoms with Crippen molar-refractivity contribution in [1.82, 2.24) is 14.9 Å². The number of hydrogen-bond acceptors (Lipinski definition) is 4. The summed E-state index contributed by atoms with van der Waals surface area (Å²) in [5.41, 5.74) is 2.10. The van der Waals surface area contributed by atoms with Gasteiger partial charge in [-0.2, -0.15) is 0 Å². The second-order valence-corrected chi connectivity index (χ2v) is 5.96. The maximum absolute atomic E-state index is 12.3. The first-order chi connectivity index (χ1) is 13.2. The normalized spacial score (nSPS) is 10.4. The van der Waals surface area contributed by atoms with Crippen molar-refractivity contribution < 1.29 is 9.53 Å². The average Bonchev–Trinajstić information content (AvgIpc) is 2.70. The fourth-order valence-electron chi connectivity index (χ4n) is 2.60. The molecule has 0 atom stereocenters. The van der Waals surface area contributed by atoms with Crippen LogP contribution in [0.1, 0.15) is 12.5 Å². The van der Waals surface area contributed by atoms with Gasteiger partial charge in [-0.1, -0.05) is 30.3 Å². The molecule has 0 aliphatic rings. The summed E-state index contributed by atoms with van der Waals surface area (Å²) in [6.07, 6.45) is 1.40. The van der Waals surface area contributed by atoms with Gasteiger partial charge in [-0.05, 0) is 36.8 Å². The van der Waals surface area contributed by atoms with Crippen LogP contribution in [0.15, 0.2) is 71.8 Å². The summed E-state index contributed by atoms with van der Waals surface area (Å²) >= 11 is 0. The topological polar surface area (TPSA) is 73.2 Å². The Morgan fingerprint density at radius 1 is 1.11 bits per heavy atom. The molecule has 0 saturated heterocycles. The molecule has 6 heteroatoms. The third kappa shape index (κ3) is 5.04. The van der Waals surface area contributed by atoms with Gasteiger partial charge in [0.05, 0.1) is 18.6 Å². The van der Waals surface area contributed by atoms with Crippen molar-refractivity contribution in [2.75, 3.05) is 6.61 Å². The molecule has 0 aliphatic heterocycles. The number of carbonyl (C=O) groups excluding carboxylic acids is 1. The first-order valence-corrected chi connectivity index (χ1v) is 8.76. The quantitative estimate of drug-likeness (QED) is 0.700. The van der Waals surface area contributed by atoms with E-state index in [2.05, 4.69) is 10.3 Å². The monoisotopic (exact) mass is 363 g/mol. The zero-order valence-corrected chi connectivity index (χ0v) is 15.1. The summed E-state index contributed by atoms with van der Waals surface area (Å²) in [6.45, 7) is 2.87. The van der Waals surface area contributed by atoms with E-state index in [0.29, 0.717) is 18.8 Å². The molecule has 1 amide bonds. The highest BCUT2D eigenvalue weighted by molar-refractivity contribution is 5.75. The molecule has 6 nitrogen and oxygen atoms in total. The molecular weight excluding hydrogens is 342 g/mol. The minimum absolute atomic E-state index is 0.0672. The van der Waals surface area contributed by atoms with E-state index in [0.717, 1.165) is 16.9 Å². The summed E-state index contributed by atoms with van der Waals surface area (Å²) in [4.78, 5) is 28.7. The average molecular weight is 363 g/mol. The van der Waals surface area contributed by atoms with Crippen LogP contribution in [0.4, 0.5) is 0 Å². The number of hydrogen-bond donors (Lipinski definition) is 1. The van der Waals surface area contributed by atoms with Crippen LogP contribution in [0.2, 0.25) is 0 Å². The predicted molar refractivity (Wildman–Crippen MR) is 103 cm³/mol. The van der Waals surface area contributed by atoms with Gasteiger partial charge < -0.3 is 10.1 Å². The number of amides is 1. The van der Waals surface area contributed by atoms with Crippen molar-refractivity contribution in [2.45, 2.75) is 20.0 Å². The second-order valence-electron chi connectivity index (χ2n) is 5.96. The largest absolute Gasteiger partial charge is 0.494 e. The number of rotatable bonds is 7. The van der Waals surface area contributed by atoms with Crippen molar-refractivity contribution in [3.63, 3.8) is 0 Å². The molecule has 27 heavy (non-hydrogen) atoms. The summed E-state index contributed by atoms with van der Waals surface area (Å²) in [5, 5.41) is 2.80. The lowest BCUT2D eigenvalue weighted by Gasteiger charge is -2.08. The molecule has 1 heterocycles. The first-order valence-electron chi connectivity index (χ1n) is 8.76. The van der Waals surface area contributed by atoms with E-state index >= 15 is 0 Å². The van der Waals surface area contributed by atoms with E-state index in [1.165, 1.54) is 17.0 Å². The zero-order valence-electron chi connectivity index (χ0n) is 15.1. The van der Waals surface area contributed by atoms with Crippen molar-refractivity contribution >= 4 is 5.91 Å². The molecule has 0 fully saturated rings. The first kappa shape index (κ1) is 18.4. The summed E-state index contributed by atoms with van der Waals surface area (Å²) in [7, 11) is 0. The van der Waals surface area contributed by atoms with Crippen LogP contribution in [0, 0.1) is 0 Å². The van der Waals surface area contributed by atoms with Crippen LogP contribution in [0.5, 0.6) is 5.75 Å². The highest BCUT2D eigenvalue weighted by Gasteiger charge is 2.07. The van der Waals surface area contributed by atoms with Crippen LogP contribution >= 0.6 is 0 Å². The molecule has 1 N–H and O–H groups in total. The number of nitrogens with one attached hydrogen (secondary N) is 1. The second kappa shape index (κ2) is 8.80. The van der Waals surface area contributed by atoms with Gasteiger partial charge in [0.25, 0.3) is 5.56 Å². The molecule has 0 radical (unpaired) electrons. The van der Waals surface area contributed by atoms with Gasteiger partial charge >= 0.3 is 0 Å². The number of nitrogens with zero attached hydrogens (tertiary/aromatic N) is 2. The van der Waals surface area contributed by atoms with Gasteiger partial charge in [-0.25, -0.2) is 4.98 Å². The Bertz CT molecular complexity index is 950. The van der Waals surface area contributed by atoms with Crippen molar-refractivity contribution in [1.29, 1.82) is 0 Å². The maximum atomic E-state index is 12.3. The maximum Gasteiger partial charge on any atom is 0.254 e. The lowest BCUT2D eigenvalue weighted by Crippen LogP contribution is -2.31. The minimum Gasteiger partial charge on any atom is -0.494 e. The fraction of sp³-hybridized carbons (Fsp3) is 0.190. The highest BCUT2D eigenvalue weighted by Crippen LogP contribution is 2.19. The Balaban J connectivity index is 1.64. The van der Waals surface area contributed by atoms with E-state index in [9.17, 15) is 9.59 Å². The molecule has 1 aromatic heterocycles. The van der Waals surface area contributed by atoms with Gasteiger partial charge in [0.1, 0.15) is 12.3 Å². The van der Waals surface area contributed by atoms with Crippen LogP contribution in [-0.4, -0.2) is 22.1 Å². The Hall–Kier alpha value is -3.41. The van der Waals surface area contributed by atoms with Crippen molar-refractivity contribution in [3.05, 3.63) is 82.9 Å². The zero-order chi connectivity index (χ0) is 19.1. The summed E-state index contributed by atoms with van der Waals surface area (Å²) < 4.78 is 6.70. The predicted octanol–water partition coefficient (Wildman–Crippen LogP) is 2.63. The molecule has 2 aromatic carbocycles. The highest BCUT2D eigenvalue weighted by atomic mass is 16.5. The summed E-state index contributed by atoms with van der Waals surface area (Å²) in [5.74, 6) is 0.529. The lowest BCUT2D eigenvalue weighted by molar-refractivity contribution is -0.121. The third-order valence-electron chi connectivity index (χ3n) is 3.99. The number of aromatic nitrogens is 2. The van der Waals surface area contributed by atoms with Gasteiger partial charge in [0, 0.05) is 18.2 Å². The smallest absolute Gasteiger partial charge is 0.254 e. The lowest BCUT2D eigenvalue weighted by atomic mass is 10.1. The number of carbonyl (C=O) groups is 1. The molecule has 0 spiro atoms. The Morgan fingerprint density at radius 3 is 2.52 bits per heavy atom. The van der Waals surface area contributed by atoms with Crippen LogP contribution in [0.3, 0.4) is 0 Å². The minimum atomic E-state index is -0.274. The van der Waals surface area contributed by atoms with Crippen molar-refractivity contribution in [2.24, 2.45) is 0 Å². The Morgan fingerprint density at radius 2 is 1.85 bits per heavy atom. The molecule has 0 aliphatic carbocycles. The van der Waals surface area contributed by atoms with Crippen LogP contribution < -0.4 is 15.6 Å². The molecule has 0 saturated carbocycles. The summed E-state index contributed by atoms with van der Waals surface area (Å²) in [6, 6.07) is 18.4. The Kier molecular flexibility index (Phi) is 5.99. The fourth-order valence-corrected chi connectivity index (χ4v) is 2.60. The van der Waals surface area contributed by atoms with Gasteiger partial charge in [0.2, 0.25) is 5.91 Å². The van der Waals surface area contributed by atoms with Gasteiger partial charge in [-0.3, -0.25) is 14.2 Å². The standard InChI is InChI=1S/C21H21N3O3/c1-2-27-18-10-8-17(9-11-18)19-12-21(26)24(15-23-19)14-20(25)22-13-16-6-4-3-5-7-16/h3-12,15H,2,13-14H2,1H3,(H,22,25). The molecule has 0 bridgehead atoms. The van der Waals surface area contributed by atoms with E-state index in [1.54, 1.807) is 0 Å². The van der Waals surface area contributed by atoms with Gasteiger partial charge in [-0.15, -0.1) is 0 Å². The molecular formula is C21H21N3O3. The molecule has 3 rings (SSSR count). The number of ether oxygens (including phenoxy) is 1. The molecule has 3 aromatic rings. The van der Waals surface area contributed by atoms with E-state index in [1.807, 2.05) is 61.5 Å². The molecule has 138 valence electrons.